The number of amides is 2. The maximum Gasteiger partial charge on any atom is 0.260 e. The molecule has 2 heterocycles. The second kappa shape index (κ2) is 11.0. The molecular formula is C31H38Cl2N2O3Si. The topological polar surface area (TPSA) is 49.9 Å². The summed E-state index contributed by atoms with van der Waals surface area (Å²) in [4.78, 5) is 32.7. The van der Waals surface area contributed by atoms with Crippen LogP contribution in [0.2, 0.25) is 35.7 Å². The third-order valence-electron chi connectivity index (χ3n) is 8.35. The summed E-state index contributed by atoms with van der Waals surface area (Å²) in [6, 6.07) is 14.4. The van der Waals surface area contributed by atoms with Crippen LogP contribution in [-0.4, -0.2) is 44.7 Å². The molecule has 5 rings (SSSR count). The summed E-state index contributed by atoms with van der Waals surface area (Å²) >= 11 is 13.0. The number of hydrogen-bond acceptors (Lipinski definition) is 3. The molecule has 39 heavy (non-hydrogen) atoms. The van der Waals surface area contributed by atoms with Gasteiger partial charge in [0.2, 0.25) is 5.91 Å². The average molecular weight is 586 g/mol. The molecule has 1 saturated carbocycles. The van der Waals surface area contributed by atoms with Crippen molar-refractivity contribution in [3.05, 3.63) is 76.3 Å². The Labute approximate surface area is 243 Å². The van der Waals surface area contributed by atoms with Gasteiger partial charge in [-0.25, -0.2) is 0 Å². The van der Waals surface area contributed by atoms with Gasteiger partial charge in [0.05, 0.1) is 5.69 Å². The molecule has 1 aliphatic carbocycles. The first-order valence-electron chi connectivity index (χ1n) is 13.9. The molecule has 2 aliphatic heterocycles. The third-order valence-corrected chi connectivity index (χ3v) is 10.5. The predicted octanol–water partition coefficient (Wildman–Crippen LogP) is 7.47. The molecule has 1 spiro atoms. The number of nitrogens with zero attached hydrogens (tertiary/aromatic N) is 2. The summed E-state index contributed by atoms with van der Waals surface area (Å²) in [7, 11) is -1.30. The van der Waals surface area contributed by atoms with E-state index in [0.29, 0.717) is 42.0 Å². The van der Waals surface area contributed by atoms with Crippen LogP contribution in [0.15, 0.2) is 55.1 Å². The maximum absolute atomic E-state index is 14.9. The van der Waals surface area contributed by atoms with Gasteiger partial charge in [-0.05, 0) is 67.5 Å². The Morgan fingerprint density at radius 1 is 1.10 bits per heavy atom. The van der Waals surface area contributed by atoms with Gasteiger partial charge in [0.1, 0.15) is 6.73 Å². The molecule has 0 bridgehead atoms. The first-order chi connectivity index (χ1) is 18.6. The quantitative estimate of drug-likeness (QED) is 0.165. The number of likely N-dealkylation sites (tertiary alicyclic amines) is 1. The Balaban J connectivity index is 1.65. The summed E-state index contributed by atoms with van der Waals surface area (Å²) in [5.41, 5.74) is 1.31. The molecule has 1 unspecified atom stereocenters. The fraction of sp³-hybridized carbons (Fsp3) is 0.484. The second-order valence-electron chi connectivity index (χ2n) is 12.5. The first kappa shape index (κ1) is 28.4. The smallest absolute Gasteiger partial charge is 0.260 e. The average Bonchev–Trinajstić information content (AvgIpc) is 3.66. The molecule has 8 heteroatoms. The Bertz CT molecular complexity index is 1270. The van der Waals surface area contributed by atoms with Crippen molar-refractivity contribution < 1.29 is 14.3 Å². The number of anilines is 1. The number of carbonyl (C=O) groups excluding carboxylic acids is 2. The number of carbonyl (C=O) groups is 2. The number of piperidine rings is 1. The summed E-state index contributed by atoms with van der Waals surface area (Å²) in [6.45, 7) is 12.1. The standard InChI is InChI=1S/C31H38Cl2N2O3Si/c1-5-7-23-17-27(22-8-6-9-24(32)16-22)31(35(29(23)36)19-21-10-11-21)26-13-12-25(33)18-28(26)34(30(31)37)20-38-14-15-39(2,3)4/h5-6,8-9,12-13,16,18,21,23,27H,1,7,10-11,14-15,17,19-20H2,2-4H3/t23-,27?,31+/m1/s1. The lowest BCUT2D eigenvalue weighted by Crippen LogP contribution is -2.63. The molecule has 2 amide bonds. The molecule has 3 atom stereocenters. The van der Waals surface area contributed by atoms with Crippen LogP contribution in [0.25, 0.3) is 0 Å². The number of allylic oxidation sites excluding steroid dienone is 1. The Morgan fingerprint density at radius 3 is 2.51 bits per heavy atom. The second-order valence-corrected chi connectivity index (χ2v) is 19.0. The van der Waals surface area contributed by atoms with E-state index >= 15 is 0 Å². The molecule has 3 aliphatic rings. The summed E-state index contributed by atoms with van der Waals surface area (Å²) in [5, 5.41) is 1.16. The van der Waals surface area contributed by atoms with Gasteiger partial charge in [0, 0.05) is 48.7 Å². The lowest BCUT2D eigenvalue weighted by atomic mass is 9.66. The highest BCUT2D eigenvalue weighted by Gasteiger charge is 2.64. The molecule has 208 valence electrons. The van der Waals surface area contributed by atoms with E-state index in [-0.39, 0.29) is 30.4 Å². The Kier molecular flexibility index (Phi) is 8.04. The summed E-state index contributed by atoms with van der Waals surface area (Å²) in [6.07, 6.45) is 5.05. The van der Waals surface area contributed by atoms with Gasteiger partial charge in [-0.15, -0.1) is 6.58 Å². The van der Waals surface area contributed by atoms with Crippen LogP contribution in [0.5, 0.6) is 0 Å². The number of hydrogen-bond donors (Lipinski definition) is 0. The highest BCUT2D eigenvalue weighted by atomic mass is 35.5. The summed E-state index contributed by atoms with van der Waals surface area (Å²) in [5.74, 6) is -0.225. The molecule has 0 aromatic heterocycles. The molecular weight excluding hydrogens is 547 g/mol. The molecule has 0 N–H and O–H groups in total. The Morgan fingerprint density at radius 2 is 1.85 bits per heavy atom. The number of benzene rings is 2. The zero-order valence-corrected chi connectivity index (χ0v) is 25.6. The molecule has 2 fully saturated rings. The number of ether oxygens (including phenoxy) is 1. The van der Waals surface area contributed by atoms with Gasteiger partial charge in [-0.3, -0.25) is 14.5 Å². The van der Waals surface area contributed by atoms with Crippen LogP contribution in [0.1, 0.15) is 42.7 Å². The minimum absolute atomic E-state index is 0.0239. The van der Waals surface area contributed by atoms with Crippen LogP contribution in [0.3, 0.4) is 0 Å². The van der Waals surface area contributed by atoms with Gasteiger partial charge in [-0.2, -0.15) is 0 Å². The van der Waals surface area contributed by atoms with E-state index < -0.39 is 13.6 Å². The Hall–Kier alpha value is -2.12. The monoisotopic (exact) mass is 584 g/mol. The van der Waals surface area contributed by atoms with Crippen molar-refractivity contribution in [2.24, 2.45) is 11.8 Å². The first-order valence-corrected chi connectivity index (χ1v) is 18.4. The van der Waals surface area contributed by atoms with E-state index in [9.17, 15) is 9.59 Å². The van der Waals surface area contributed by atoms with Gasteiger partial charge < -0.3 is 9.64 Å². The predicted molar refractivity (Wildman–Crippen MR) is 161 cm³/mol. The maximum atomic E-state index is 14.9. The van der Waals surface area contributed by atoms with Gasteiger partial charge >= 0.3 is 0 Å². The van der Waals surface area contributed by atoms with Crippen molar-refractivity contribution >= 4 is 48.8 Å². The van der Waals surface area contributed by atoms with E-state index in [2.05, 4.69) is 26.2 Å². The van der Waals surface area contributed by atoms with Crippen molar-refractivity contribution in [2.45, 2.75) is 62.8 Å². The van der Waals surface area contributed by atoms with Crippen molar-refractivity contribution in [2.75, 3.05) is 24.8 Å². The summed E-state index contributed by atoms with van der Waals surface area (Å²) < 4.78 is 6.13. The molecule has 5 nitrogen and oxygen atoms in total. The number of halogens is 2. The van der Waals surface area contributed by atoms with E-state index in [1.54, 1.807) is 4.90 Å². The minimum Gasteiger partial charge on any atom is -0.361 e. The SMILES string of the molecule is C=CC[C@@H]1CC(c2cccc(Cl)c2)[C@@]2(C(=O)N(COCC[Si](C)(C)C)c3cc(Cl)ccc32)N(CC2CC2)C1=O. The van der Waals surface area contributed by atoms with E-state index in [4.69, 9.17) is 27.9 Å². The van der Waals surface area contributed by atoms with Crippen molar-refractivity contribution in [3.8, 4) is 0 Å². The van der Waals surface area contributed by atoms with Crippen LogP contribution < -0.4 is 4.90 Å². The van der Waals surface area contributed by atoms with Crippen molar-refractivity contribution in [1.82, 2.24) is 4.90 Å². The zero-order chi connectivity index (χ0) is 27.9. The lowest BCUT2D eigenvalue weighted by Gasteiger charge is -2.51. The fourth-order valence-corrected chi connectivity index (χ4v) is 7.29. The van der Waals surface area contributed by atoms with E-state index in [1.807, 2.05) is 53.4 Å². The van der Waals surface area contributed by atoms with E-state index in [1.165, 1.54) is 0 Å². The number of fused-ring (bicyclic) bond motifs is 2. The molecule has 2 aromatic carbocycles. The van der Waals surface area contributed by atoms with Gasteiger partial charge in [-0.1, -0.05) is 67.1 Å². The molecule has 2 aromatic rings. The van der Waals surface area contributed by atoms with E-state index in [0.717, 1.165) is 35.7 Å². The highest BCUT2D eigenvalue weighted by Crippen LogP contribution is 2.58. The fourth-order valence-electron chi connectivity index (χ4n) is 6.17. The van der Waals surface area contributed by atoms with Crippen LogP contribution >= 0.6 is 23.2 Å². The highest BCUT2D eigenvalue weighted by molar-refractivity contribution is 6.76. The van der Waals surface area contributed by atoms with Crippen LogP contribution in [0.4, 0.5) is 5.69 Å². The van der Waals surface area contributed by atoms with Gasteiger partial charge in [0.25, 0.3) is 5.91 Å². The van der Waals surface area contributed by atoms with Gasteiger partial charge in [0.15, 0.2) is 5.54 Å². The van der Waals surface area contributed by atoms with Crippen molar-refractivity contribution in [3.63, 3.8) is 0 Å². The number of rotatable bonds is 10. The minimum atomic E-state index is -1.30. The molecule has 0 radical (unpaired) electrons. The molecule has 1 saturated heterocycles. The zero-order valence-electron chi connectivity index (χ0n) is 23.1. The lowest BCUT2D eigenvalue weighted by molar-refractivity contribution is -0.159. The van der Waals surface area contributed by atoms with Crippen LogP contribution in [-0.2, 0) is 19.9 Å². The third kappa shape index (κ3) is 5.46. The largest absolute Gasteiger partial charge is 0.361 e. The normalized spacial score (nSPS) is 24.9. The van der Waals surface area contributed by atoms with Crippen LogP contribution in [0, 0.1) is 11.8 Å². The van der Waals surface area contributed by atoms with Crippen molar-refractivity contribution in [1.29, 1.82) is 0 Å².